The van der Waals surface area contributed by atoms with E-state index in [1.165, 1.54) is 18.4 Å². The van der Waals surface area contributed by atoms with Gasteiger partial charge >= 0.3 is 0 Å². The predicted molar refractivity (Wildman–Crippen MR) is 82.2 cm³/mol. The van der Waals surface area contributed by atoms with Crippen LogP contribution in [-0.2, 0) is 11.2 Å². The van der Waals surface area contributed by atoms with E-state index in [1.54, 1.807) is 6.07 Å². The van der Waals surface area contributed by atoms with Crippen molar-refractivity contribution in [3.8, 4) is 0 Å². The molecule has 2 aromatic rings. The van der Waals surface area contributed by atoms with Gasteiger partial charge in [-0.15, -0.1) is 10.2 Å². The third kappa shape index (κ3) is 4.02. The molecule has 5 nitrogen and oxygen atoms in total. The fourth-order valence-electron chi connectivity index (χ4n) is 1.99. The molecule has 1 heterocycles. The lowest BCUT2D eigenvalue weighted by Gasteiger charge is -2.06. The van der Waals surface area contributed by atoms with Crippen LogP contribution in [0.1, 0.15) is 24.0 Å². The van der Waals surface area contributed by atoms with E-state index in [-0.39, 0.29) is 5.91 Å². The molecule has 1 aliphatic rings. The average molecular weight is 282 g/mol. The van der Waals surface area contributed by atoms with Gasteiger partial charge in [0.1, 0.15) is 5.82 Å². The Kier molecular flexibility index (Phi) is 3.81. The fourth-order valence-corrected chi connectivity index (χ4v) is 1.99. The first-order chi connectivity index (χ1) is 10.2. The van der Waals surface area contributed by atoms with E-state index >= 15 is 0 Å². The summed E-state index contributed by atoms with van der Waals surface area (Å²) >= 11 is 0. The van der Waals surface area contributed by atoms with E-state index in [0.717, 1.165) is 11.4 Å². The Morgan fingerprint density at radius 2 is 1.76 bits per heavy atom. The van der Waals surface area contributed by atoms with Crippen molar-refractivity contribution in [1.82, 2.24) is 10.2 Å². The van der Waals surface area contributed by atoms with E-state index in [9.17, 15) is 4.79 Å². The van der Waals surface area contributed by atoms with Crippen molar-refractivity contribution >= 4 is 17.5 Å². The molecule has 108 valence electrons. The van der Waals surface area contributed by atoms with Crippen LogP contribution < -0.4 is 10.6 Å². The van der Waals surface area contributed by atoms with E-state index in [4.69, 9.17) is 0 Å². The first-order valence-electron chi connectivity index (χ1n) is 7.15. The molecule has 0 bridgehead atoms. The van der Waals surface area contributed by atoms with E-state index < -0.39 is 0 Å². The molecule has 3 rings (SSSR count). The molecular formula is C16H18N4O. The highest BCUT2D eigenvalue weighted by Crippen LogP contribution is 2.23. The predicted octanol–water partition coefficient (Wildman–Crippen LogP) is 2.54. The molecule has 1 aromatic heterocycles. The van der Waals surface area contributed by atoms with Gasteiger partial charge in [0, 0.05) is 6.04 Å². The van der Waals surface area contributed by atoms with Crippen LogP contribution in [0.25, 0.3) is 0 Å². The standard InChI is InChI=1S/C16H18N4O/c1-11-2-4-12(5-3-11)10-16(21)18-15-9-8-14(19-20-15)17-13-6-7-13/h2-5,8-9,13H,6-7,10H2,1H3,(H,17,19)(H,18,20,21). The summed E-state index contributed by atoms with van der Waals surface area (Å²) in [5, 5.41) is 14.1. The topological polar surface area (TPSA) is 66.9 Å². The monoisotopic (exact) mass is 282 g/mol. The number of anilines is 2. The number of aryl methyl sites for hydroxylation is 1. The number of rotatable bonds is 5. The Morgan fingerprint density at radius 3 is 2.38 bits per heavy atom. The number of carbonyl (C=O) groups is 1. The van der Waals surface area contributed by atoms with Crippen molar-refractivity contribution in [3.63, 3.8) is 0 Å². The number of aromatic nitrogens is 2. The first-order valence-corrected chi connectivity index (χ1v) is 7.15. The second-order valence-corrected chi connectivity index (χ2v) is 5.43. The number of amides is 1. The van der Waals surface area contributed by atoms with Gasteiger partial charge in [0.15, 0.2) is 5.82 Å². The van der Waals surface area contributed by atoms with Gasteiger partial charge in [0.05, 0.1) is 6.42 Å². The Morgan fingerprint density at radius 1 is 1.10 bits per heavy atom. The molecular weight excluding hydrogens is 264 g/mol. The molecule has 1 fully saturated rings. The zero-order valence-electron chi connectivity index (χ0n) is 12.0. The Bertz CT molecular complexity index is 618. The molecule has 1 aliphatic carbocycles. The molecule has 0 saturated heterocycles. The molecule has 0 radical (unpaired) electrons. The first kappa shape index (κ1) is 13.5. The van der Waals surface area contributed by atoms with E-state index in [2.05, 4.69) is 20.8 Å². The summed E-state index contributed by atoms with van der Waals surface area (Å²) in [5.74, 6) is 1.15. The quantitative estimate of drug-likeness (QED) is 0.884. The highest BCUT2D eigenvalue weighted by Gasteiger charge is 2.21. The molecule has 0 aliphatic heterocycles. The second-order valence-electron chi connectivity index (χ2n) is 5.43. The molecule has 21 heavy (non-hydrogen) atoms. The molecule has 2 N–H and O–H groups in total. The van der Waals surface area contributed by atoms with E-state index in [1.807, 2.05) is 37.3 Å². The zero-order chi connectivity index (χ0) is 14.7. The van der Waals surface area contributed by atoms with E-state index in [0.29, 0.717) is 18.3 Å². The van der Waals surface area contributed by atoms with Gasteiger partial charge in [0.25, 0.3) is 0 Å². The maximum Gasteiger partial charge on any atom is 0.229 e. The largest absolute Gasteiger partial charge is 0.366 e. The molecule has 0 unspecified atom stereocenters. The minimum atomic E-state index is -0.0870. The number of nitrogens with zero attached hydrogens (tertiary/aromatic N) is 2. The lowest BCUT2D eigenvalue weighted by atomic mass is 10.1. The van der Waals surface area contributed by atoms with Gasteiger partial charge in [-0.2, -0.15) is 0 Å². The maximum atomic E-state index is 11.9. The highest BCUT2D eigenvalue weighted by molar-refractivity contribution is 5.91. The molecule has 1 amide bonds. The lowest BCUT2D eigenvalue weighted by molar-refractivity contribution is -0.115. The van der Waals surface area contributed by atoms with Crippen LogP contribution in [-0.4, -0.2) is 22.1 Å². The Hall–Kier alpha value is -2.43. The second kappa shape index (κ2) is 5.91. The number of hydrogen-bond acceptors (Lipinski definition) is 4. The average Bonchev–Trinajstić information content (AvgIpc) is 3.28. The summed E-state index contributed by atoms with van der Waals surface area (Å²) < 4.78 is 0. The maximum absolute atomic E-state index is 11.9. The molecule has 0 spiro atoms. The highest BCUT2D eigenvalue weighted by atomic mass is 16.1. The number of hydrogen-bond donors (Lipinski definition) is 2. The zero-order valence-corrected chi connectivity index (χ0v) is 12.0. The third-order valence-corrected chi connectivity index (χ3v) is 3.35. The Labute approximate surface area is 123 Å². The van der Waals surface area contributed by atoms with Crippen molar-refractivity contribution in [2.24, 2.45) is 0 Å². The number of nitrogens with one attached hydrogen (secondary N) is 2. The van der Waals surface area contributed by atoms with Crippen LogP contribution in [0.2, 0.25) is 0 Å². The van der Waals surface area contributed by atoms with Crippen molar-refractivity contribution in [2.75, 3.05) is 10.6 Å². The van der Waals surface area contributed by atoms with Crippen molar-refractivity contribution in [1.29, 1.82) is 0 Å². The van der Waals surface area contributed by atoms with Crippen LogP contribution in [0, 0.1) is 6.92 Å². The summed E-state index contributed by atoms with van der Waals surface area (Å²) in [6.45, 7) is 2.02. The summed E-state index contributed by atoms with van der Waals surface area (Å²) in [4.78, 5) is 11.9. The number of benzene rings is 1. The van der Waals surface area contributed by atoms with Crippen molar-refractivity contribution in [3.05, 3.63) is 47.5 Å². The van der Waals surface area contributed by atoms with Crippen LogP contribution in [0.15, 0.2) is 36.4 Å². The minimum absolute atomic E-state index is 0.0870. The number of carbonyl (C=O) groups excluding carboxylic acids is 1. The smallest absolute Gasteiger partial charge is 0.229 e. The van der Waals surface area contributed by atoms with Crippen LogP contribution in [0.3, 0.4) is 0 Å². The normalized spacial score (nSPS) is 13.8. The molecule has 0 atom stereocenters. The minimum Gasteiger partial charge on any atom is -0.366 e. The van der Waals surface area contributed by atoms with Gasteiger partial charge in [0.2, 0.25) is 5.91 Å². The van der Waals surface area contributed by atoms with Gasteiger partial charge in [-0.05, 0) is 37.5 Å². The summed E-state index contributed by atoms with van der Waals surface area (Å²) in [6, 6.07) is 12.1. The van der Waals surface area contributed by atoms with Crippen LogP contribution in [0.4, 0.5) is 11.6 Å². The van der Waals surface area contributed by atoms with Crippen molar-refractivity contribution < 1.29 is 4.79 Å². The summed E-state index contributed by atoms with van der Waals surface area (Å²) in [7, 11) is 0. The molecule has 1 saturated carbocycles. The van der Waals surface area contributed by atoms with Crippen molar-refractivity contribution in [2.45, 2.75) is 32.2 Å². The molecule has 5 heteroatoms. The SMILES string of the molecule is Cc1ccc(CC(=O)Nc2ccc(NC3CC3)nn2)cc1. The summed E-state index contributed by atoms with van der Waals surface area (Å²) in [5.41, 5.74) is 2.17. The van der Waals surface area contributed by atoms with Gasteiger partial charge in [-0.25, -0.2) is 0 Å². The summed E-state index contributed by atoms with van der Waals surface area (Å²) in [6.07, 6.45) is 2.72. The lowest BCUT2D eigenvalue weighted by Crippen LogP contribution is -2.16. The van der Waals surface area contributed by atoms with Crippen LogP contribution >= 0.6 is 0 Å². The third-order valence-electron chi connectivity index (χ3n) is 3.35. The van der Waals surface area contributed by atoms with Gasteiger partial charge < -0.3 is 10.6 Å². The Balaban J connectivity index is 1.55. The van der Waals surface area contributed by atoms with Crippen LogP contribution in [0.5, 0.6) is 0 Å². The van der Waals surface area contributed by atoms with Gasteiger partial charge in [-0.1, -0.05) is 29.8 Å². The van der Waals surface area contributed by atoms with Gasteiger partial charge in [-0.3, -0.25) is 4.79 Å². The fraction of sp³-hybridized carbons (Fsp3) is 0.312. The molecule has 1 aromatic carbocycles.